The number of carbonyl (C=O) groups is 1. The van der Waals surface area contributed by atoms with E-state index in [9.17, 15) is 4.79 Å². The van der Waals surface area contributed by atoms with Crippen molar-refractivity contribution in [3.63, 3.8) is 0 Å². The Morgan fingerprint density at radius 3 is 3.00 bits per heavy atom. The number of aromatic amines is 1. The number of amides is 1. The van der Waals surface area contributed by atoms with Crippen LogP contribution in [-0.4, -0.2) is 32.5 Å². The summed E-state index contributed by atoms with van der Waals surface area (Å²) in [5, 5.41) is 7.51. The average Bonchev–Trinajstić information content (AvgIpc) is 3.16. The van der Waals surface area contributed by atoms with Gasteiger partial charge < -0.3 is 4.90 Å². The minimum atomic E-state index is -0.131. The maximum Gasteiger partial charge on any atom is 0.294 e. The topological polar surface area (TPSA) is 61.9 Å². The van der Waals surface area contributed by atoms with E-state index in [-0.39, 0.29) is 17.8 Å². The zero-order chi connectivity index (χ0) is 14.8. The summed E-state index contributed by atoms with van der Waals surface area (Å²) in [5.41, 5.74) is 0.997. The lowest BCUT2D eigenvalue weighted by molar-refractivity contribution is 0.0723. The lowest BCUT2D eigenvalue weighted by Gasteiger charge is -2.24. The van der Waals surface area contributed by atoms with Gasteiger partial charge in [0.2, 0.25) is 5.82 Å². The first kappa shape index (κ1) is 14.1. The first-order chi connectivity index (χ1) is 10.2. The van der Waals surface area contributed by atoms with Crippen molar-refractivity contribution >= 4 is 17.5 Å². The molecule has 0 radical (unpaired) electrons. The summed E-state index contributed by atoms with van der Waals surface area (Å²) in [7, 11) is 0. The molecule has 0 spiro atoms. The van der Waals surface area contributed by atoms with Crippen LogP contribution in [0.2, 0.25) is 5.02 Å². The lowest BCUT2D eigenvalue weighted by atomic mass is 10.0. The number of aryl methyl sites for hydroxylation is 1. The van der Waals surface area contributed by atoms with Crippen LogP contribution in [0.15, 0.2) is 24.3 Å². The molecule has 21 heavy (non-hydrogen) atoms. The highest BCUT2D eigenvalue weighted by Crippen LogP contribution is 2.36. The van der Waals surface area contributed by atoms with Crippen molar-refractivity contribution < 1.29 is 4.79 Å². The van der Waals surface area contributed by atoms with Gasteiger partial charge in [0.25, 0.3) is 5.91 Å². The van der Waals surface area contributed by atoms with Gasteiger partial charge in [-0.1, -0.05) is 36.7 Å². The zero-order valence-electron chi connectivity index (χ0n) is 11.8. The molecule has 2 aromatic rings. The molecular formula is C15H17ClN4O. The Balaban J connectivity index is 1.87. The Morgan fingerprint density at radius 2 is 2.29 bits per heavy atom. The summed E-state index contributed by atoms with van der Waals surface area (Å²) >= 11 is 6.27. The van der Waals surface area contributed by atoms with Crippen molar-refractivity contribution in [2.75, 3.05) is 6.54 Å². The molecule has 0 saturated carbocycles. The average molecular weight is 305 g/mol. The SMILES string of the molecule is CCc1nc(C(=O)N2CCCC2c2ccccc2Cl)n[nH]1. The van der Waals surface area contributed by atoms with Crippen molar-refractivity contribution in [3.05, 3.63) is 46.5 Å². The van der Waals surface area contributed by atoms with Crippen molar-refractivity contribution in [2.24, 2.45) is 0 Å². The van der Waals surface area contributed by atoms with E-state index in [0.717, 1.165) is 30.7 Å². The largest absolute Gasteiger partial charge is 0.329 e. The van der Waals surface area contributed by atoms with Crippen molar-refractivity contribution in [2.45, 2.75) is 32.2 Å². The number of hydrogen-bond acceptors (Lipinski definition) is 3. The predicted octanol–water partition coefficient (Wildman–Crippen LogP) is 3.00. The van der Waals surface area contributed by atoms with Crippen LogP contribution in [0, 0.1) is 0 Å². The van der Waals surface area contributed by atoms with Crippen LogP contribution < -0.4 is 0 Å². The second-order valence-electron chi connectivity index (χ2n) is 5.14. The number of H-pyrrole nitrogens is 1. The number of rotatable bonds is 3. The molecule has 0 aliphatic carbocycles. The summed E-state index contributed by atoms with van der Waals surface area (Å²) in [6.07, 6.45) is 2.61. The third-order valence-electron chi connectivity index (χ3n) is 3.84. The molecule has 5 nitrogen and oxygen atoms in total. The molecule has 1 aliphatic heterocycles. The van der Waals surface area contributed by atoms with Crippen LogP contribution in [0.5, 0.6) is 0 Å². The third kappa shape index (κ3) is 2.65. The van der Waals surface area contributed by atoms with Gasteiger partial charge in [-0.2, -0.15) is 0 Å². The molecule has 1 N–H and O–H groups in total. The second-order valence-corrected chi connectivity index (χ2v) is 5.54. The van der Waals surface area contributed by atoms with Crippen LogP contribution in [0.4, 0.5) is 0 Å². The summed E-state index contributed by atoms with van der Waals surface area (Å²) < 4.78 is 0. The van der Waals surface area contributed by atoms with Gasteiger partial charge in [0.15, 0.2) is 0 Å². The minimum Gasteiger partial charge on any atom is -0.329 e. The molecule has 110 valence electrons. The smallest absolute Gasteiger partial charge is 0.294 e. The fourth-order valence-electron chi connectivity index (χ4n) is 2.76. The fourth-order valence-corrected chi connectivity index (χ4v) is 3.02. The lowest BCUT2D eigenvalue weighted by Crippen LogP contribution is -2.31. The van der Waals surface area contributed by atoms with Gasteiger partial charge in [-0.15, -0.1) is 5.10 Å². The molecule has 1 atom stereocenters. The van der Waals surface area contributed by atoms with Crippen LogP contribution >= 0.6 is 11.6 Å². The first-order valence-electron chi connectivity index (χ1n) is 7.17. The summed E-state index contributed by atoms with van der Waals surface area (Å²) in [6.45, 7) is 2.68. The number of halogens is 1. The number of aromatic nitrogens is 3. The van der Waals surface area contributed by atoms with Crippen LogP contribution in [0.1, 0.15) is 47.8 Å². The zero-order valence-corrected chi connectivity index (χ0v) is 12.6. The molecule has 1 fully saturated rings. The molecule has 1 unspecified atom stereocenters. The number of nitrogens with zero attached hydrogens (tertiary/aromatic N) is 3. The van der Waals surface area contributed by atoms with Crippen LogP contribution in [0.3, 0.4) is 0 Å². The van der Waals surface area contributed by atoms with Crippen molar-refractivity contribution in [3.8, 4) is 0 Å². The molecule has 2 heterocycles. The number of benzene rings is 1. The standard InChI is InChI=1S/C15H17ClN4O/c1-2-13-17-14(19-18-13)15(21)20-9-5-8-12(20)10-6-3-4-7-11(10)16/h3-4,6-7,12H,2,5,8-9H2,1H3,(H,17,18,19). The van der Waals surface area contributed by atoms with E-state index in [0.29, 0.717) is 11.6 Å². The van der Waals surface area contributed by atoms with Crippen molar-refractivity contribution in [1.29, 1.82) is 0 Å². The first-order valence-corrected chi connectivity index (χ1v) is 7.55. The highest BCUT2D eigenvalue weighted by molar-refractivity contribution is 6.31. The van der Waals surface area contributed by atoms with Crippen molar-refractivity contribution in [1.82, 2.24) is 20.1 Å². The van der Waals surface area contributed by atoms with Gasteiger partial charge in [0.1, 0.15) is 5.82 Å². The van der Waals surface area contributed by atoms with E-state index in [1.54, 1.807) is 0 Å². The maximum absolute atomic E-state index is 12.6. The maximum atomic E-state index is 12.6. The highest BCUT2D eigenvalue weighted by Gasteiger charge is 2.33. The molecule has 6 heteroatoms. The molecular weight excluding hydrogens is 288 g/mol. The third-order valence-corrected chi connectivity index (χ3v) is 4.18. The normalized spacial score (nSPS) is 18.2. The summed E-state index contributed by atoms with van der Waals surface area (Å²) in [5.74, 6) is 0.839. The molecule has 1 aromatic carbocycles. The van der Waals surface area contributed by atoms with E-state index < -0.39 is 0 Å². The molecule has 3 rings (SSSR count). The Hall–Kier alpha value is -1.88. The number of carbonyl (C=O) groups excluding carboxylic acids is 1. The number of nitrogens with one attached hydrogen (secondary N) is 1. The van der Waals surface area contributed by atoms with Crippen LogP contribution in [0.25, 0.3) is 0 Å². The van der Waals surface area contributed by atoms with E-state index in [2.05, 4.69) is 15.2 Å². The van der Waals surface area contributed by atoms with Gasteiger partial charge in [0.05, 0.1) is 6.04 Å². The number of likely N-dealkylation sites (tertiary alicyclic amines) is 1. The monoisotopic (exact) mass is 304 g/mol. The molecule has 1 amide bonds. The Bertz CT molecular complexity index is 655. The Kier molecular flexibility index (Phi) is 3.92. The Labute approximate surface area is 128 Å². The van der Waals surface area contributed by atoms with Gasteiger partial charge >= 0.3 is 0 Å². The predicted molar refractivity (Wildman–Crippen MR) is 80.2 cm³/mol. The molecule has 1 aromatic heterocycles. The minimum absolute atomic E-state index is 0.00905. The quantitative estimate of drug-likeness (QED) is 0.948. The van der Waals surface area contributed by atoms with Gasteiger partial charge in [0, 0.05) is 18.0 Å². The molecule has 1 saturated heterocycles. The molecule has 1 aliphatic rings. The van der Waals surface area contributed by atoms with Gasteiger partial charge in [-0.05, 0) is 24.5 Å². The fraction of sp³-hybridized carbons (Fsp3) is 0.400. The van der Waals surface area contributed by atoms with Crippen LogP contribution in [-0.2, 0) is 6.42 Å². The van der Waals surface area contributed by atoms with E-state index in [1.165, 1.54) is 0 Å². The van der Waals surface area contributed by atoms with Gasteiger partial charge in [-0.3, -0.25) is 9.89 Å². The summed E-state index contributed by atoms with van der Waals surface area (Å²) in [6, 6.07) is 7.70. The van der Waals surface area contributed by atoms with E-state index in [4.69, 9.17) is 11.6 Å². The molecule has 0 bridgehead atoms. The highest BCUT2D eigenvalue weighted by atomic mass is 35.5. The summed E-state index contributed by atoms with van der Waals surface area (Å²) in [4.78, 5) is 18.7. The van der Waals surface area contributed by atoms with E-state index in [1.807, 2.05) is 36.1 Å². The number of hydrogen-bond donors (Lipinski definition) is 1. The van der Waals surface area contributed by atoms with E-state index >= 15 is 0 Å². The Morgan fingerprint density at radius 1 is 1.48 bits per heavy atom. The second kappa shape index (κ2) is 5.85. The van der Waals surface area contributed by atoms with Gasteiger partial charge in [-0.25, -0.2) is 4.98 Å².